The molecule has 0 amide bonds. The van der Waals surface area contributed by atoms with Crippen LogP contribution in [0.15, 0.2) is 108 Å². The molecule has 0 saturated carbocycles. The number of furan rings is 1. The Balaban J connectivity index is 1.27. The quantitative estimate of drug-likeness (QED) is 0.0790. The van der Waals surface area contributed by atoms with Crippen LogP contribution >= 0.6 is 0 Å². The molecule has 0 aliphatic heterocycles. The summed E-state index contributed by atoms with van der Waals surface area (Å²) < 4.78 is 23.0. The average Bonchev–Trinajstić information content (AvgIpc) is 3.31. The van der Waals surface area contributed by atoms with Crippen molar-refractivity contribution in [3.63, 3.8) is 0 Å². The number of allylic oxidation sites excluding steroid dienone is 1. The van der Waals surface area contributed by atoms with Crippen molar-refractivity contribution in [1.29, 1.82) is 0 Å². The predicted molar refractivity (Wildman–Crippen MR) is 154 cm³/mol. The molecule has 6 heteroatoms. The molecular weight excluding hydrogens is 504 g/mol. The van der Waals surface area contributed by atoms with E-state index in [-0.39, 0.29) is 5.78 Å². The van der Waals surface area contributed by atoms with Gasteiger partial charge in [-0.1, -0.05) is 48.5 Å². The number of benzene rings is 4. The van der Waals surface area contributed by atoms with Crippen LogP contribution in [0.4, 0.5) is 0 Å². The molecule has 0 radical (unpaired) electrons. The summed E-state index contributed by atoms with van der Waals surface area (Å²) >= 11 is 0. The first-order valence-electron chi connectivity index (χ1n) is 13.0. The van der Waals surface area contributed by atoms with Crippen molar-refractivity contribution in [2.45, 2.75) is 20.5 Å². The molecule has 6 nitrogen and oxygen atoms in total. The number of ketones is 1. The van der Waals surface area contributed by atoms with Gasteiger partial charge in [0.15, 0.2) is 5.78 Å². The summed E-state index contributed by atoms with van der Waals surface area (Å²) in [5, 5.41) is 0.609. The highest BCUT2D eigenvalue weighted by atomic mass is 16.5. The summed E-state index contributed by atoms with van der Waals surface area (Å²) in [6, 6.07) is 29.2. The highest BCUT2D eigenvalue weighted by Crippen LogP contribution is 2.30. The number of para-hydroxylation sites is 1. The number of esters is 1. The van der Waals surface area contributed by atoms with E-state index in [0.717, 1.165) is 11.1 Å². The zero-order valence-corrected chi connectivity index (χ0v) is 22.3. The minimum atomic E-state index is -0.553. The topological polar surface area (TPSA) is 75.0 Å². The third-order valence-electron chi connectivity index (χ3n) is 6.27. The van der Waals surface area contributed by atoms with Gasteiger partial charge in [-0.25, -0.2) is 4.79 Å². The number of aryl methyl sites for hydroxylation is 1. The second-order valence-corrected chi connectivity index (χ2v) is 9.05. The standard InChI is InChI=1S/C34H28O6/c1-3-37-31-12-8-7-11-26(31)15-19-30(35)25-13-16-27(17-14-25)40-34(36)33-23(2)39-32-20-18-28(21-29(32)33)38-22-24-9-5-4-6-10-24/h4-21H,3,22H2,1-2H3/b19-15+. The molecule has 0 fully saturated rings. The third-order valence-corrected chi connectivity index (χ3v) is 6.27. The fraction of sp³-hybridized carbons (Fsp3) is 0.118. The number of rotatable bonds is 10. The number of ether oxygens (including phenoxy) is 3. The summed E-state index contributed by atoms with van der Waals surface area (Å²) in [6.07, 6.45) is 3.23. The van der Waals surface area contributed by atoms with Crippen molar-refractivity contribution in [3.8, 4) is 17.2 Å². The fourth-order valence-corrected chi connectivity index (χ4v) is 4.30. The molecule has 1 heterocycles. The number of hydrogen-bond acceptors (Lipinski definition) is 6. The van der Waals surface area contributed by atoms with E-state index in [4.69, 9.17) is 18.6 Å². The molecule has 0 saturated heterocycles. The van der Waals surface area contributed by atoms with Crippen LogP contribution < -0.4 is 14.2 Å². The molecule has 0 aliphatic carbocycles. The minimum Gasteiger partial charge on any atom is -0.493 e. The van der Waals surface area contributed by atoms with Gasteiger partial charge in [-0.15, -0.1) is 0 Å². The Labute approximate surface area is 232 Å². The van der Waals surface area contributed by atoms with Crippen LogP contribution in [0.25, 0.3) is 17.0 Å². The van der Waals surface area contributed by atoms with Crippen LogP contribution in [0.1, 0.15) is 44.5 Å². The van der Waals surface area contributed by atoms with Gasteiger partial charge in [0.05, 0.1) is 6.61 Å². The maximum absolute atomic E-state index is 13.2. The molecule has 0 N–H and O–H groups in total. The van der Waals surface area contributed by atoms with E-state index in [0.29, 0.717) is 58.3 Å². The van der Waals surface area contributed by atoms with E-state index in [2.05, 4.69) is 0 Å². The molecule has 0 aliphatic rings. The van der Waals surface area contributed by atoms with Gasteiger partial charge in [0, 0.05) is 16.5 Å². The molecule has 40 heavy (non-hydrogen) atoms. The maximum Gasteiger partial charge on any atom is 0.347 e. The van der Waals surface area contributed by atoms with Crippen molar-refractivity contribution >= 4 is 28.8 Å². The molecule has 4 aromatic carbocycles. The van der Waals surface area contributed by atoms with Crippen LogP contribution in [0.2, 0.25) is 0 Å². The largest absolute Gasteiger partial charge is 0.493 e. The minimum absolute atomic E-state index is 0.177. The Morgan fingerprint density at radius 1 is 0.825 bits per heavy atom. The lowest BCUT2D eigenvalue weighted by atomic mass is 10.1. The number of fused-ring (bicyclic) bond motifs is 1. The van der Waals surface area contributed by atoms with E-state index < -0.39 is 5.97 Å². The van der Waals surface area contributed by atoms with Gasteiger partial charge in [-0.05, 0) is 80.1 Å². The van der Waals surface area contributed by atoms with Crippen LogP contribution in [-0.4, -0.2) is 18.4 Å². The molecule has 0 spiro atoms. The van der Waals surface area contributed by atoms with E-state index in [1.165, 1.54) is 6.08 Å². The molecule has 200 valence electrons. The first kappa shape index (κ1) is 26.5. The van der Waals surface area contributed by atoms with Gasteiger partial charge in [-0.3, -0.25) is 4.79 Å². The molecule has 5 rings (SSSR count). The van der Waals surface area contributed by atoms with Crippen LogP contribution in [0.5, 0.6) is 17.2 Å². The number of carbonyl (C=O) groups is 2. The van der Waals surface area contributed by atoms with Crippen molar-refractivity contribution in [1.82, 2.24) is 0 Å². The number of carbonyl (C=O) groups excluding carboxylic acids is 2. The third kappa shape index (κ3) is 6.13. The lowest BCUT2D eigenvalue weighted by molar-refractivity contribution is 0.0734. The summed E-state index contributed by atoms with van der Waals surface area (Å²) in [5.41, 5.74) is 3.22. The summed E-state index contributed by atoms with van der Waals surface area (Å²) in [6.45, 7) is 4.58. The molecule has 1 aromatic heterocycles. The Bertz CT molecular complexity index is 1660. The van der Waals surface area contributed by atoms with Crippen LogP contribution in [0, 0.1) is 6.92 Å². The van der Waals surface area contributed by atoms with Crippen molar-refractivity contribution in [2.24, 2.45) is 0 Å². The van der Waals surface area contributed by atoms with Crippen molar-refractivity contribution < 1.29 is 28.2 Å². The molecule has 5 aromatic rings. The predicted octanol–water partition coefficient (Wildman–Crippen LogP) is 7.83. The zero-order valence-electron chi connectivity index (χ0n) is 22.3. The number of hydrogen-bond donors (Lipinski definition) is 0. The Morgan fingerprint density at radius 3 is 2.33 bits per heavy atom. The van der Waals surface area contributed by atoms with Crippen LogP contribution in [0.3, 0.4) is 0 Å². The SMILES string of the molecule is CCOc1ccccc1/C=C/C(=O)c1ccc(OC(=O)c2c(C)oc3ccc(OCc4ccccc4)cc23)cc1. The normalized spacial score (nSPS) is 11.1. The highest BCUT2D eigenvalue weighted by Gasteiger charge is 2.21. The second-order valence-electron chi connectivity index (χ2n) is 9.05. The first-order valence-corrected chi connectivity index (χ1v) is 13.0. The van der Waals surface area contributed by atoms with Gasteiger partial charge in [0.1, 0.15) is 40.8 Å². The van der Waals surface area contributed by atoms with Crippen molar-refractivity contribution in [2.75, 3.05) is 6.61 Å². The van der Waals surface area contributed by atoms with Gasteiger partial charge in [0.2, 0.25) is 0 Å². The monoisotopic (exact) mass is 532 g/mol. The van der Waals surface area contributed by atoms with Gasteiger partial charge in [-0.2, -0.15) is 0 Å². The summed E-state index contributed by atoms with van der Waals surface area (Å²) in [7, 11) is 0. The lowest BCUT2D eigenvalue weighted by Gasteiger charge is -2.07. The highest BCUT2D eigenvalue weighted by molar-refractivity contribution is 6.07. The molecule has 0 unspecified atom stereocenters. The summed E-state index contributed by atoms with van der Waals surface area (Å²) in [5.74, 6) is 1.37. The van der Waals surface area contributed by atoms with E-state index in [9.17, 15) is 9.59 Å². The van der Waals surface area contributed by atoms with E-state index in [1.54, 1.807) is 49.4 Å². The Hall–Kier alpha value is -5.10. The van der Waals surface area contributed by atoms with Crippen molar-refractivity contribution in [3.05, 3.63) is 131 Å². The first-order chi connectivity index (χ1) is 19.5. The Morgan fingerprint density at radius 2 is 1.55 bits per heavy atom. The second kappa shape index (κ2) is 12.2. The Kier molecular flexibility index (Phi) is 8.07. The molecule has 0 bridgehead atoms. The summed E-state index contributed by atoms with van der Waals surface area (Å²) in [4.78, 5) is 25.9. The smallest absolute Gasteiger partial charge is 0.347 e. The average molecular weight is 533 g/mol. The van der Waals surface area contributed by atoms with Gasteiger partial charge in [0.25, 0.3) is 0 Å². The van der Waals surface area contributed by atoms with Crippen LogP contribution in [-0.2, 0) is 6.61 Å². The lowest BCUT2D eigenvalue weighted by Crippen LogP contribution is -2.09. The zero-order chi connectivity index (χ0) is 27.9. The van der Waals surface area contributed by atoms with E-state index in [1.807, 2.05) is 67.6 Å². The molecular formula is C34H28O6. The maximum atomic E-state index is 13.2. The van der Waals surface area contributed by atoms with E-state index >= 15 is 0 Å². The fourth-order valence-electron chi connectivity index (χ4n) is 4.30. The van der Waals surface area contributed by atoms with Gasteiger partial charge < -0.3 is 18.6 Å². The van der Waals surface area contributed by atoms with Gasteiger partial charge >= 0.3 is 5.97 Å². The molecule has 0 atom stereocenters.